The smallest absolute Gasteiger partial charge is 0.230 e. The molecular formula is C18H18NO6-. The van der Waals surface area contributed by atoms with Crippen molar-refractivity contribution < 1.29 is 29.3 Å². The summed E-state index contributed by atoms with van der Waals surface area (Å²) >= 11 is 0. The Morgan fingerprint density at radius 3 is 2.92 bits per heavy atom. The number of likely N-dealkylation sites (tertiary alicyclic amines) is 1. The van der Waals surface area contributed by atoms with Gasteiger partial charge in [0.05, 0.1) is 25.1 Å². The van der Waals surface area contributed by atoms with E-state index in [1.807, 2.05) is 18.2 Å². The second kappa shape index (κ2) is 5.86. The normalized spacial score (nSPS) is 33.6. The fraction of sp³-hybridized carbons (Fsp3) is 0.444. The van der Waals surface area contributed by atoms with Gasteiger partial charge in [0.1, 0.15) is 24.1 Å². The Balaban J connectivity index is 1.40. The summed E-state index contributed by atoms with van der Waals surface area (Å²) in [7, 11) is 0. The quantitative estimate of drug-likeness (QED) is 0.662. The second-order valence-corrected chi connectivity index (χ2v) is 6.72. The summed E-state index contributed by atoms with van der Waals surface area (Å²) in [6.07, 6.45) is 1.96. The average Bonchev–Trinajstić information content (AvgIpc) is 3.22. The second-order valence-electron chi connectivity index (χ2n) is 6.72. The molecule has 4 rings (SSSR count). The first-order valence-electron chi connectivity index (χ1n) is 8.23. The Morgan fingerprint density at radius 1 is 1.44 bits per heavy atom. The molecule has 0 saturated carbocycles. The highest BCUT2D eigenvalue weighted by molar-refractivity contribution is 5.90. The molecule has 0 aliphatic carbocycles. The van der Waals surface area contributed by atoms with Crippen molar-refractivity contribution in [3.05, 3.63) is 42.5 Å². The van der Waals surface area contributed by atoms with Crippen molar-refractivity contribution >= 4 is 11.9 Å². The minimum absolute atomic E-state index is 0.0364. The number of aliphatic hydroxyl groups is 1. The summed E-state index contributed by atoms with van der Waals surface area (Å²) in [5.41, 5.74) is -0.910. The highest BCUT2D eigenvalue weighted by Gasteiger charge is 2.65. The number of carboxylic acids is 1. The molecule has 132 valence electrons. The van der Waals surface area contributed by atoms with Crippen molar-refractivity contribution in [2.24, 2.45) is 11.8 Å². The van der Waals surface area contributed by atoms with Gasteiger partial charge >= 0.3 is 0 Å². The third-order valence-electron chi connectivity index (χ3n) is 5.07. The van der Waals surface area contributed by atoms with Crippen molar-refractivity contribution in [2.75, 3.05) is 19.7 Å². The van der Waals surface area contributed by atoms with Crippen LogP contribution in [0, 0.1) is 11.8 Å². The van der Waals surface area contributed by atoms with Crippen LogP contribution >= 0.6 is 0 Å². The first-order valence-corrected chi connectivity index (χ1v) is 8.23. The SMILES string of the molecule is O=C([O-])[C@H]1[C@@H]2C=C[C@]3(CN(C[C@H](O)COc4ccccc4)C(=O)[C@@H]13)O2. The summed E-state index contributed by atoms with van der Waals surface area (Å²) in [5, 5.41) is 21.6. The number of β-amino-alcohol motifs (C(OH)–C–C–N with tert-alkyl or cyclic N) is 1. The monoisotopic (exact) mass is 344 g/mol. The molecule has 2 saturated heterocycles. The van der Waals surface area contributed by atoms with Gasteiger partial charge in [-0.3, -0.25) is 4.79 Å². The maximum atomic E-state index is 12.7. The zero-order chi connectivity index (χ0) is 17.6. The number of aliphatic carboxylic acids is 1. The molecule has 0 radical (unpaired) electrons. The molecule has 7 nitrogen and oxygen atoms in total. The molecule has 2 fully saturated rings. The zero-order valence-electron chi connectivity index (χ0n) is 13.4. The topological polar surface area (TPSA) is 99.1 Å². The molecule has 0 unspecified atom stereocenters. The van der Waals surface area contributed by atoms with E-state index in [0.717, 1.165) is 0 Å². The van der Waals surface area contributed by atoms with Gasteiger partial charge in [-0.1, -0.05) is 30.4 Å². The van der Waals surface area contributed by atoms with Crippen LogP contribution in [-0.2, 0) is 14.3 Å². The average molecular weight is 344 g/mol. The molecule has 1 N–H and O–H groups in total. The number of hydrogen-bond acceptors (Lipinski definition) is 6. The number of carbonyl (C=O) groups is 2. The lowest BCUT2D eigenvalue weighted by Crippen LogP contribution is -2.45. The van der Waals surface area contributed by atoms with E-state index < -0.39 is 35.6 Å². The Hall–Kier alpha value is -2.38. The number of carbonyl (C=O) groups excluding carboxylic acids is 2. The minimum atomic E-state index is -1.27. The molecule has 25 heavy (non-hydrogen) atoms. The highest BCUT2D eigenvalue weighted by atomic mass is 16.5. The summed E-state index contributed by atoms with van der Waals surface area (Å²) in [4.78, 5) is 25.5. The van der Waals surface area contributed by atoms with Crippen LogP contribution in [0.5, 0.6) is 5.75 Å². The lowest BCUT2D eigenvalue weighted by Gasteiger charge is -2.25. The van der Waals surface area contributed by atoms with Crippen molar-refractivity contribution in [1.29, 1.82) is 0 Å². The Morgan fingerprint density at radius 2 is 2.20 bits per heavy atom. The standard InChI is InChI=1S/C18H19NO6/c20-11(9-24-12-4-2-1-3-5-12)8-19-10-18-7-6-13(25-18)14(17(22)23)15(18)16(19)21/h1-7,11,13-15,20H,8-10H2,(H,22,23)/p-1/t11-,13-,14-,15+,18+/m0/s1. The van der Waals surface area contributed by atoms with Gasteiger partial charge in [0.25, 0.3) is 0 Å². The van der Waals surface area contributed by atoms with Crippen LogP contribution in [-0.4, -0.2) is 59.4 Å². The van der Waals surface area contributed by atoms with Crippen molar-refractivity contribution in [2.45, 2.75) is 17.8 Å². The third-order valence-corrected chi connectivity index (χ3v) is 5.07. The number of amides is 1. The number of hydrogen-bond donors (Lipinski definition) is 1. The van der Waals surface area contributed by atoms with Crippen LogP contribution < -0.4 is 9.84 Å². The Labute approximate surface area is 144 Å². The Bertz CT molecular complexity index is 720. The summed E-state index contributed by atoms with van der Waals surface area (Å²) < 4.78 is 11.3. The van der Waals surface area contributed by atoms with Gasteiger partial charge in [-0.2, -0.15) is 0 Å². The number of para-hydroxylation sites is 1. The lowest BCUT2D eigenvalue weighted by molar-refractivity contribution is -0.313. The fourth-order valence-electron chi connectivity index (χ4n) is 4.02. The van der Waals surface area contributed by atoms with Crippen LogP contribution in [0.3, 0.4) is 0 Å². The van der Waals surface area contributed by atoms with Crippen LogP contribution in [0.15, 0.2) is 42.5 Å². The van der Waals surface area contributed by atoms with Crippen LogP contribution in [0.2, 0.25) is 0 Å². The number of aliphatic hydroxyl groups excluding tert-OH is 1. The molecule has 3 aliphatic heterocycles. The predicted octanol–water partition coefficient (Wildman–Crippen LogP) is -1.04. The maximum absolute atomic E-state index is 12.7. The molecule has 1 aromatic rings. The number of nitrogens with zero attached hydrogens (tertiary/aromatic N) is 1. The maximum Gasteiger partial charge on any atom is 0.230 e. The third kappa shape index (κ3) is 2.60. The van der Waals surface area contributed by atoms with E-state index in [9.17, 15) is 19.8 Å². The molecule has 1 amide bonds. The minimum Gasteiger partial charge on any atom is -0.550 e. The van der Waals surface area contributed by atoms with E-state index in [-0.39, 0.29) is 25.6 Å². The molecule has 7 heteroatoms. The van der Waals surface area contributed by atoms with Gasteiger partial charge < -0.3 is 29.4 Å². The first-order chi connectivity index (χ1) is 12.0. The van der Waals surface area contributed by atoms with Crippen molar-refractivity contribution in [3.8, 4) is 5.75 Å². The van der Waals surface area contributed by atoms with Crippen LogP contribution in [0.25, 0.3) is 0 Å². The molecule has 1 spiro atoms. The number of benzene rings is 1. The van der Waals surface area contributed by atoms with Crippen LogP contribution in [0.4, 0.5) is 0 Å². The number of fused-ring (bicyclic) bond motifs is 1. The lowest BCUT2D eigenvalue weighted by atomic mass is 9.77. The van der Waals surface area contributed by atoms with Gasteiger partial charge in [0.2, 0.25) is 5.91 Å². The van der Waals surface area contributed by atoms with Crippen LogP contribution in [0.1, 0.15) is 0 Å². The number of ether oxygens (including phenoxy) is 2. The first kappa shape index (κ1) is 16.1. The van der Waals surface area contributed by atoms with E-state index in [0.29, 0.717) is 5.75 Å². The summed E-state index contributed by atoms with van der Waals surface area (Å²) in [6, 6.07) is 9.07. The predicted molar refractivity (Wildman–Crippen MR) is 83.3 cm³/mol. The molecule has 0 aromatic heterocycles. The van der Waals surface area contributed by atoms with E-state index >= 15 is 0 Å². The van der Waals surface area contributed by atoms with Gasteiger partial charge in [0.15, 0.2) is 0 Å². The molecule has 1 aromatic carbocycles. The largest absolute Gasteiger partial charge is 0.550 e. The molecule has 3 aliphatic rings. The van der Waals surface area contributed by atoms with Gasteiger partial charge in [-0.05, 0) is 12.1 Å². The van der Waals surface area contributed by atoms with Gasteiger partial charge in [-0.25, -0.2) is 0 Å². The van der Waals surface area contributed by atoms with Crippen molar-refractivity contribution in [1.82, 2.24) is 4.90 Å². The fourth-order valence-corrected chi connectivity index (χ4v) is 4.02. The molecule has 2 bridgehead atoms. The highest BCUT2D eigenvalue weighted by Crippen LogP contribution is 2.51. The number of carboxylic acid groups (broad SMARTS) is 1. The van der Waals surface area contributed by atoms with E-state index in [1.165, 1.54) is 4.90 Å². The molecule has 5 atom stereocenters. The molecular weight excluding hydrogens is 326 g/mol. The van der Waals surface area contributed by atoms with Crippen molar-refractivity contribution in [3.63, 3.8) is 0 Å². The summed E-state index contributed by atoms with van der Waals surface area (Å²) in [5.74, 6) is -2.72. The number of rotatable bonds is 6. The zero-order valence-corrected chi connectivity index (χ0v) is 13.4. The van der Waals surface area contributed by atoms with Gasteiger partial charge in [0, 0.05) is 11.9 Å². The molecule has 3 heterocycles. The van der Waals surface area contributed by atoms with Gasteiger partial charge in [-0.15, -0.1) is 0 Å². The van der Waals surface area contributed by atoms with E-state index in [4.69, 9.17) is 9.47 Å². The van der Waals surface area contributed by atoms with E-state index in [1.54, 1.807) is 24.3 Å². The summed E-state index contributed by atoms with van der Waals surface area (Å²) in [6.45, 7) is 0.329. The van der Waals surface area contributed by atoms with E-state index in [2.05, 4.69) is 0 Å². The Kier molecular flexibility index (Phi) is 3.77.